The zero-order valence-corrected chi connectivity index (χ0v) is 27.0. The van der Waals surface area contributed by atoms with Crippen LogP contribution in [0.4, 0.5) is 5.82 Å². The van der Waals surface area contributed by atoms with Crippen LogP contribution in [0.3, 0.4) is 0 Å². The zero-order chi connectivity index (χ0) is 32.2. The predicted octanol–water partition coefficient (Wildman–Crippen LogP) is 5.14. The number of para-hydroxylation sites is 2. The number of benzene rings is 2. The average Bonchev–Trinajstić information content (AvgIpc) is 3.87. The van der Waals surface area contributed by atoms with Crippen molar-refractivity contribution in [2.75, 3.05) is 25.0 Å². The fourth-order valence-corrected chi connectivity index (χ4v) is 6.19. The molecule has 2 heterocycles. The Morgan fingerprint density at radius 3 is 2.24 bits per heavy atom. The Morgan fingerprint density at radius 2 is 1.62 bits per heavy atom. The van der Waals surface area contributed by atoms with Crippen molar-refractivity contribution in [1.82, 2.24) is 19.7 Å². The molecule has 12 nitrogen and oxygen atoms in total. The van der Waals surface area contributed by atoms with Crippen molar-refractivity contribution in [2.24, 2.45) is 0 Å². The molecular formula is C31H35N5O7S2. The molecule has 1 fully saturated rings. The molecule has 5 rings (SSSR count). The topological polar surface area (TPSA) is 159 Å². The van der Waals surface area contributed by atoms with E-state index in [0.717, 1.165) is 24.0 Å². The number of methoxy groups -OCH3 is 1. The first-order chi connectivity index (χ1) is 21.5. The van der Waals surface area contributed by atoms with Crippen molar-refractivity contribution in [3.63, 3.8) is 0 Å². The van der Waals surface area contributed by atoms with Crippen LogP contribution in [0, 0.1) is 6.92 Å². The molecule has 1 aliphatic carbocycles. The summed E-state index contributed by atoms with van der Waals surface area (Å²) in [5.41, 5.74) is 1.82. The van der Waals surface area contributed by atoms with Crippen molar-refractivity contribution >= 4 is 25.9 Å². The smallest absolute Gasteiger partial charge is 0.280 e. The van der Waals surface area contributed by atoms with E-state index in [1.165, 1.54) is 31.5 Å². The summed E-state index contributed by atoms with van der Waals surface area (Å²) in [6, 6.07) is 16.4. The quantitative estimate of drug-likeness (QED) is 0.175. The van der Waals surface area contributed by atoms with Crippen LogP contribution in [-0.2, 0) is 20.0 Å². The summed E-state index contributed by atoms with van der Waals surface area (Å²) in [5.74, 6) is 0.862. The van der Waals surface area contributed by atoms with Gasteiger partial charge in [-0.15, -0.1) is 0 Å². The van der Waals surface area contributed by atoms with Gasteiger partial charge in [0, 0.05) is 18.7 Å². The number of hydrogen-bond acceptors (Lipinski definition) is 10. The van der Waals surface area contributed by atoms with Crippen LogP contribution in [0.1, 0.15) is 55.5 Å². The molecule has 0 unspecified atom stereocenters. The van der Waals surface area contributed by atoms with Gasteiger partial charge in [0.05, 0.1) is 12.0 Å². The van der Waals surface area contributed by atoms with Crippen molar-refractivity contribution in [3.8, 4) is 23.1 Å². The van der Waals surface area contributed by atoms with Gasteiger partial charge in [-0.1, -0.05) is 49.7 Å². The minimum Gasteiger partial charge on any atom is -0.493 e. The van der Waals surface area contributed by atoms with Crippen molar-refractivity contribution in [2.45, 2.75) is 55.4 Å². The third kappa shape index (κ3) is 7.88. The van der Waals surface area contributed by atoms with Crippen LogP contribution < -0.4 is 23.7 Å². The number of aryl methyl sites for hydroxylation is 1. The third-order valence-electron chi connectivity index (χ3n) is 6.97. The van der Waals surface area contributed by atoms with Crippen LogP contribution in [0.15, 0.2) is 76.8 Å². The van der Waals surface area contributed by atoms with E-state index in [2.05, 4.69) is 24.4 Å². The Morgan fingerprint density at radius 1 is 0.911 bits per heavy atom. The summed E-state index contributed by atoms with van der Waals surface area (Å²) >= 11 is 0. The first-order valence-corrected chi connectivity index (χ1v) is 17.3. The van der Waals surface area contributed by atoms with Crippen molar-refractivity contribution < 1.29 is 31.0 Å². The second-order valence-corrected chi connectivity index (χ2v) is 14.2. The maximum absolute atomic E-state index is 13.5. The number of anilines is 1. The summed E-state index contributed by atoms with van der Waals surface area (Å²) in [4.78, 5) is 13.4. The molecule has 0 aliphatic heterocycles. The molecular weight excluding hydrogens is 619 g/mol. The standard InChI is InChI=1S/C31H35N5O7S2/c1-20(2)23-13-16-27(32-19-23)45(39,40)36-30-28(43-26-8-6-5-7-25(26)41-4)31(35-29(34-30)22-11-12-22)42-18-17-33-44(37,38)24-14-9-21(3)10-15-24/h5-10,13-16,19-20,22,33H,11-12,17-18H2,1-4H3,(H,34,35,36). The second kappa shape index (κ2) is 13.4. The molecule has 2 aromatic heterocycles. The highest BCUT2D eigenvalue weighted by atomic mass is 32.2. The molecule has 0 saturated heterocycles. The van der Waals surface area contributed by atoms with E-state index in [1.807, 2.05) is 20.8 Å². The summed E-state index contributed by atoms with van der Waals surface area (Å²) in [6.07, 6.45) is 3.17. The van der Waals surface area contributed by atoms with E-state index in [4.69, 9.17) is 14.2 Å². The maximum Gasteiger partial charge on any atom is 0.280 e. The van der Waals surface area contributed by atoms with Crippen LogP contribution >= 0.6 is 0 Å². The highest BCUT2D eigenvalue weighted by molar-refractivity contribution is 7.92. The Balaban J connectivity index is 1.47. The average molecular weight is 654 g/mol. The third-order valence-corrected chi connectivity index (χ3v) is 9.70. The summed E-state index contributed by atoms with van der Waals surface area (Å²) in [6.45, 7) is 5.60. The first kappa shape index (κ1) is 32.1. The Labute approximate surface area is 263 Å². The lowest BCUT2D eigenvalue weighted by molar-refractivity contribution is 0.290. The fraction of sp³-hybridized carbons (Fsp3) is 0.323. The van der Waals surface area contributed by atoms with Crippen LogP contribution in [0.2, 0.25) is 0 Å². The van der Waals surface area contributed by atoms with Gasteiger partial charge in [0.25, 0.3) is 15.9 Å². The maximum atomic E-state index is 13.5. The molecule has 14 heteroatoms. The molecule has 2 aromatic carbocycles. The van der Waals surface area contributed by atoms with Crippen LogP contribution in [0.25, 0.3) is 0 Å². The number of hydrogen-bond donors (Lipinski definition) is 2. The largest absolute Gasteiger partial charge is 0.493 e. The fourth-order valence-electron chi connectivity index (χ4n) is 4.24. The van der Waals surface area contributed by atoms with Gasteiger partial charge >= 0.3 is 0 Å². The molecule has 238 valence electrons. The van der Waals surface area contributed by atoms with Gasteiger partial charge in [-0.25, -0.2) is 23.1 Å². The van der Waals surface area contributed by atoms with Gasteiger partial charge in [-0.3, -0.25) is 4.72 Å². The monoisotopic (exact) mass is 653 g/mol. The van der Waals surface area contributed by atoms with Gasteiger partial charge in [-0.05, 0) is 61.6 Å². The second-order valence-electron chi connectivity index (χ2n) is 10.8. The Hall–Kier alpha value is -4.27. The molecule has 2 N–H and O–H groups in total. The van der Waals surface area contributed by atoms with Gasteiger partial charge in [0.15, 0.2) is 22.3 Å². The number of ether oxygens (including phenoxy) is 3. The number of rotatable bonds is 14. The van der Waals surface area contributed by atoms with Gasteiger partial charge in [-0.2, -0.15) is 13.4 Å². The lowest BCUT2D eigenvalue weighted by atomic mass is 10.1. The Kier molecular flexibility index (Phi) is 9.56. The van der Waals surface area contributed by atoms with Gasteiger partial charge in [0.1, 0.15) is 12.4 Å². The van der Waals surface area contributed by atoms with Crippen LogP contribution in [0.5, 0.6) is 23.1 Å². The summed E-state index contributed by atoms with van der Waals surface area (Å²) in [7, 11) is -6.53. The van der Waals surface area contributed by atoms with Gasteiger partial charge < -0.3 is 14.2 Å². The van der Waals surface area contributed by atoms with E-state index in [9.17, 15) is 16.8 Å². The van der Waals surface area contributed by atoms with Gasteiger partial charge in [0.2, 0.25) is 15.8 Å². The predicted molar refractivity (Wildman–Crippen MR) is 168 cm³/mol. The summed E-state index contributed by atoms with van der Waals surface area (Å²) < 4.78 is 75.2. The number of nitrogens with zero attached hydrogens (tertiary/aromatic N) is 3. The molecule has 0 amide bonds. The number of pyridine rings is 1. The number of sulfonamides is 2. The van der Waals surface area contributed by atoms with E-state index >= 15 is 0 Å². The molecule has 0 bridgehead atoms. The van der Waals surface area contributed by atoms with E-state index < -0.39 is 20.0 Å². The summed E-state index contributed by atoms with van der Waals surface area (Å²) in [5, 5.41) is -0.199. The highest BCUT2D eigenvalue weighted by Gasteiger charge is 2.32. The molecule has 45 heavy (non-hydrogen) atoms. The number of nitrogens with one attached hydrogen (secondary N) is 2. The van der Waals surface area contributed by atoms with E-state index in [1.54, 1.807) is 42.5 Å². The zero-order valence-electron chi connectivity index (χ0n) is 25.3. The minimum atomic E-state index is -4.21. The van der Waals surface area contributed by atoms with E-state index in [-0.39, 0.29) is 58.1 Å². The molecule has 0 atom stereocenters. The molecule has 4 aromatic rings. The van der Waals surface area contributed by atoms with E-state index in [0.29, 0.717) is 11.6 Å². The lowest BCUT2D eigenvalue weighted by Crippen LogP contribution is -2.28. The molecule has 0 spiro atoms. The van der Waals surface area contributed by atoms with Crippen molar-refractivity contribution in [1.29, 1.82) is 0 Å². The highest BCUT2D eigenvalue weighted by Crippen LogP contribution is 2.45. The molecule has 0 radical (unpaired) electrons. The molecule has 1 aliphatic rings. The lowest BCUT2D eigenvalue weighted by Gasteiger charge is -2.18. The first-order valence-electron chi connectivity index (χ1n) is 14.4. The number of aromatic nitrogens is 3. The van der Waals surface area contributed by atoms with Crippen LogP contribution in [-0.4, -0.2) is 52.0 Å². The SMILES string of the molecule is COc1ccccc1Oc1c(NS(=O)(=O)c2ccc(C(C)C)cn2)nc(C2CC2)nc1OCCNS(=O)(=O)c1ccc(C)cc1. The van der Waals surface area contributed by atoms with Crippen molar-refractivity contribution in [3.05, 3.63) is 83.8 Å². The Bertz CT molecular complexity index is 1860. The normalized spacial score (nSPS) is 13.4. The minimum absolute atomic E-state index is 0.0133. The molecule has 1 saturated carbocycles.